The Morgan fingerprint density at radius 3 is 2.42 bits per heavy atom. The predicted octanol–water partition coefficient (Wildman–Crippen LogP) is 5.57. The first-order chi connectivity index (χ1) is 12.5. The van der Waals surface area contributed by atoms with Crippen LogP contribution in [0.2, 0.25) is 5.02 Å². The third-order valence-corrected chi connectivity index (χ3v) is 4.99. The van der Waals surface area contributed by atoms with Crippen molar-refractivity contribution in [3.63, 3.8) is 0 Å². The normalized spacial score (nSPS) is 11.8. The molecule has 0 saturated heterocycles. The first-order valence-electron chi connectivity index (χ1n) is 8.68. The molecule has 2 aromatic carbocycles. The van der Waals surface area contributed by atoms with Crippen LogP contribution in [0.25, 0.3) is 16.8 Å². The quantitative estimate of drug-likeness (QED) is 0.475. The van der Waals surface area contributed by atoms with Gasteiger partial charge in [0.1, 0.15) is 0 Å². The second-order valence-corrected chi connectivity index (χ2v) is 7.61. The van der Waals surface area contributed by atoms with Crippen molar-refractivity contribution < 1.29 is 0 Å². The molecule has 0 unspecified atom stereocenters. The van der Waals surface area contributed by atoms with E-state index in [0.29, 0.717) is 0 Å². The van der Waals surface area contributed by atoms with E-state index in [1.54, 1.807) is 0 Å². The summed E-state index contributed by atoms with van der Waals surface area (Å²) in [5.74, 6) is 0. The Balaban J connectivity index is 1.78. The molecule has 2 aromatic heterocycles. The fourth-order valence-electron chi connectivity index (χ4n) is 3.43. The monoisotopic (exact) mass is 361 g/mol. The van der Waals surface area contributed by atoms with Gasteiger partial charge < -0.3 is 0 Å². The van der Waals surface area contributed by atoms with Gasteiger partial charge in [-0.25, -0.2) is 9.50 Å². The minimum Gasteiger partial charge on any atom is -0.236 e. The van der Waals surface area contributed by atoms with Crippen molar-refractivity contribution in [2.75, 3.05) is 0 Å². The van der Waals surface area contributed by atoms with Gasteiger partial charge in [0.25, 0.3) is 0 Å². The molecule has 0 aliphatic carbocycles. The molecule has 3 nitrogen and oxygen atoms in total. The topological polar surface area (TPSA) is 30.2 Å². The Hall–Kier alpha value is -2.65. The zero-order valence-electron chi connectivity index (χ0n) is 14.9. The zero-order valence-corrected chi connectivity index (χ0v) is 15.6. The predicted molar refractivity (Wildman–Crippen MR) is 107 cm³/mol. The standard InChI is InChI=1S/C22H20ClN3/c1-22(2,14-16-6-4-3-5-7-16)20-12-13-24-21-19(15-25-26(20)21)17-8-10-18(23)11-9-17/h3-13,15H,14H2,1-2H3. The van der Waals surface area contributed by atoms with E-state index < -0.39 is 0 Å². The second-order valence-electron chi connectivity index (χ2n) is 7.18. The van der Waals surface area contributed by atoms with Crippen molar-refractivity contribution in [1.29, 1.82) is 0 Å². The molecule has 0 fully saturated rings. The minimum atomic E-state index is -0.0776. The summed E-state index contributed by atoms with van der Waals surface area (Å²) in [4.78, 5) is 4.59. The number of aromatic nitrogens is 3. The molecular formula is C22H20ClN3. The maximum absolute atomic E-state index is 6.02. The zero-order chi connectivity index (χ0) is 18.1. The Morgan fingerprint density at radius 1 is 0.962 bits per heavy atom. The lowest BCUT2D eigenvalue weighted by Gasteiger charge is -2.25. The summed E-state index contributed by atoms with van der Waals surface area (Å²) in [5, 5.41) is 5.37. The van der Waals surface area contributed by atoms with Crippen LogP contribution < -0.4 is 0 Å². The van der Waals surface area contributed by atoms with Crippen molar-refractivity contribution in [3.05, 3.63) is 89.3 Å². The van der Waals surface area contributed by atoms with E-state index in [0.717, 1.165) is 33.9 Å². The van der Waals surface area contributed by atoms with Crippen molar-refractivity contribution in [3.8, 4) is 11.1 Å². The van der Waals surface area contributed by atoms with Crippen LogP contribution >= 0.6 is 11.6 Å². The number of benzene rings is 2. The van der Waals surface area contributed by atoms with Crippen LogP contribution in [0.5, 0.6) is 0 Å². The van der Waals surface area contributed by atoms with Crippen molar-refractivity contribution in [2.24, 2.45) is 0 Å². The van der Waals surface area contributed by atoms with Gasteiger partial charge in [-0.15, -0.1) is 0 Å². The average molecular weight is 362 g/mol. The van der Waals surface area contributed by atoms with Crippen molar-refractivity contribution >= 4 is 17.2 Å². The fraction of sp³-hybridized carbons (Fsp3) is 0.182. The molecule has 4 rings (SSSR count). The molecule has 0 aliphatic heterocycles. The lowest BCUT2D eigenvalue weighted by atomic mass is 9.82. The van der Waals surface area contributed by atoms with E-state index in [-0.39, 0.29) is 5.41 Å². The summed E-state index contributed by atoms with van der Waals surface area (Å²) in [6.45, 7) is 4.50. The first kappa shape index (κ1) is 16.8. The van der Waals surface area contributed by atoms with Gasteiger partial charge in [-0.05, 0) is 35.7 Å². The molecule has 0 radical (unpaired) electrons. The molecule has 0 atom stereocenters. The lowest BCUT2D eigenvalue weighted by Crippen LogP contribution is -2.24. The fourth-order valence-corrected chi connectivity index (χ4v) is 3.56. The van der Waals surface area contributed by atoms with Gasteiger partial charge in [-0.1, -0.05) is 67.9 Å². The molecule has 0 aliphatic rings. The largest absolute Gasteiger partial charge is 0.236 e. The summed E-state index contributed by atoms with van der Waals surface area (Å²) in [5.41, 5.74) is 5.32. The molecule has 4 aromatic rings. The number of hydrogen-bond donors (Lipinski definition) is 0. The summed E-state index contributed by atoms with van der Waals surface area (Å²) in [6.07, 6.45) is 4.69. The molecule has 0 bridgehead atoms. The van der Waals surface area contributed by atoms with Crippen LogP contribution in [0.15, 0.2) is 73.1 Å². The second kappa shape index (κ2) is 6.58. The SMILES string of the molecule is CC(C)(Cc1ccccc1)c1ccnc2c(-c3ccc(Cl)cc3)cnn12. The van der Waals surface area contributed by atoms with Crippen molar-refractivity contribution in [2.45, 2.75) is 25.7 Å². The molecule has 0 saturated carbocycles. The van der Waals surface area contributed by atoms with Crippen LogP contribution in [0, 0.1) is 0 Å². The molecular weight excluding hydrogens is 342 g/mol. The van der Waals surface area contributed by atoms with Crippen LogP contribution in [0.1, 0.15) is 25.1 Å². The molecule has 2 heterocycles. The minimum absolute atomic E-state index is 0.0776. The van der Waals surface area contributed by atoms with E-state index in [1.807, 2.05) is 47.2 Å². The van der Waals surface area contributed by atoms with Gasteiger partial charge in [0, 0.05) is 22.2 Å². The highest BCUT2D eigenvalue weighted by Gasteiger charge is 2.25. The Kier molecular flexibility index (Phi) is 4.25. The van der Waals surface area contributed by atoms with E-state index in [9.17, 15) is 0 Å². The van der Waals surface area contributed by atoms with E-state index in [1.165, 1.54) is 5.56 Å². The van der Waals surface area contributed by atoms with Gasteiger partial charge in [0.15, 0.2) is 5.65 Å². The Labute approximate surface area is 158 Å². The van der Waals surface area contributed by atoms with E-state index >= 15 is 0 Å². The highest BCUT2D eigenvalue weighted by molar-refractivity contribution is 6.30. The van der Waals surface area contributed by atoms with Gasteiger partial charge >= 0.3 is 0 Å². The Morgan fingerprint density at radius 2 is 1.69 bits per heavy atom. The van der Waals surface area contributed by atoms with Crippen LogP contribution in [0.4, 0.5) is 0 Å². The lowest BCUT2D eigenvalue weighted by molar-refractivity contribution is 0.489. The highest BCUT2D eigenvalue weighted by Crippen LogP contribution is 2.31. The Bertz CT molecular complexity index is 1030. The van der Waals surface area contributed by atoms with E-state index in [2.05, 4.69) is 54.3 Å². The van der Waals surface area contributed by atoms with Crippen molar-refractivity contribution in [1.82, 2.24) is 14.6 Å². The van der Waals surface area contributed by atoms with Crippen LogP contribution in [-0.4, -0.2) is 14.6 Å². The summed E-state index contributed by atoms with van der Waals surface area (Å²) < 4.78 is 1.97. The van der Waals surface area contributed by atoms with Gasteiger partial charge in [-0.2, -0.15) is 5.10 Å². The maximum atomic E-state index is 6.02. The first-order valence-corrected chi connectivity index (χ1v) is 9.05. The molecule has 130 valence electrons. The third-order valence-electron chi connectivity index (χ3n) is 4.74. The van der Waals surface area contributed by atoms with Gasteiger partial charge in [-0.3, -0.25) is 0 Å². The maximum Gasteiger partial charge on any atom is 0.163 e. The van der Waals surface area contributed by atoms with Gasteiger partial charge in [0.2, 0.25) is 0 Å². The average Bonchev–Trinajstić information content (AvgIpc) is 3.07. The summed E-state index contributed by atoms with van der Waals surface area (Å²) in [7, 11) is 0. The summed E-state index contributed by atoms with van der Waals surface area (Å²) >= 11 is 6.02. The number of halogens is 1. The van der Waals surface area contributed by atoms with Crippen LogP contribution in [0.3, 0.4) is 0 Å². The molecule has 26 heavy (non-hydrogen) atoms. The molecule has 0 amide bonds. The van der Waals surface area contributed by atoms with Gasteiger partial charge in [0.05, 0.1) is 11.9 Å². The number of rotatable bonds is 4. The van der Waals surface area contributed by atoms with E-state index in [4.69, 9.17) is 11.6 Å². The molecule has 0 N–H and O–H groups in total. The molecule has 0 spiro atoms. The summed E-state index contributed by atoms with van der Waals surface area (Å²) in [6, 6.07) is 20.4. The third kappa shape index (κ3) is 3.11. The number of hydrogen-bond acceptors (Lipinski definition) is 2. The van der Waals surface area contributed by atoms with Crippen LogP contribution in [-0.2, 0) is 11.8 Å². The smallest absolute Gasteiger partial charge is 0.163 e. The number of fused-ring (bicyclic) bond motifs is 1. The number of nitrogens with zero attached hydrogens (tertiary/aromatic N) is 3. The highest BCUT2D eigenvalue weighted by atomic mass is 35.5. The molecule has 4 heteroatoms.